The van der Waals surface area contributed by atoms with Gasteiger partial charge in [0.15, 0.2) is 0 Å². The molecule has 6 nitrogen and oxygen atoms in total. The van der Waals surface area contributed by atoms with Gasteiger partial charge in [-0.3, -0.25) is 9.59 Å². The zero-order chi connectivity index (χ0) is 17.5. The van der Waals surface area contributed by atoms with E-state index in [9.17, 15) is 9.59 Å². The highest BCUT2D eigenvalue weighted by Crippen LogP contribution is 2.35. The first-order chi connectivity index (χ1) is 11.5. The molecule has 0 aliphatic carbocycles. The highest BCUT2D eigenvalue weighted by atomic mass is 16.5. The fraction of sp³-hybridized carbons (Fsp3) is 0.556. The molecule has 1 N–H and O–H groups in total. The molecule has 0 radical (unpaired) electrons. The Hall–Kier alpha value is -2.24. The van der Waals surface area contributed by atoms with E-state index < -0.39 is 0 Å². The molecule has 0 fully saturated rings. The summed E-state index contributed by atoms with van der Waals surface area (Å²) in [5.41, 5.74) is 2.00. The van der Waals surface area contributed by atoms with Gasteiger partial charge in [0.25, 0.3) is 0 Å². The predicted molar refractivity (Wildman–Crippen MR) is 89.1 cm³/mol. The average Bonchev–Trinajstić information content (AvgIpc) is 2.90. The molecular weight excluding hydrogens is 310 g/mol. The van der Waals surface area contributed by atoms with Crippen LogP contribution in [0.3, 0.4) is 0 Å². The number of ether oxygens (including phenoxy) is 3. The number of benzene rings is 1. The lowest BCUT2D eigenvalue weighted by Gasteiger charge is -2.13. The molecule has 1 aromatic rings. The van der Waals surface area contributed by atoms with Crippen LogP contribution in [0.5, 0.6) is 11.5 Å². The van der Waals surface area contributed by atoms with E-state index in [1.165, 1.54) is 0 Å². The van der Waals surface area contributed by atoms with E-state index in [0.29, 0.717) is 19.8 Å². The van der Waals surface area contributed by atoms with Crippen LogP contribution in [-0.4, -0.2) is 31.2 Å². The molecule has 132 valence electrons. The van der Waals surface area contributed by atoms with Crippen LogP contribution >= 0.6 is 0 Å². The van der Waals surface area contributed by atoms with Crippen LogP contribution in [0.25, 0.3) is 0 Å². The smallest absolute Gasteiger partial charge is 0.306 e. The first kappa shape index (κ1) is 18.1. The van der Waals surface area contributed by atoms with E-state index in [4.69, 9.17) is 14.2 Å². The number of hydrogen-bond donors (Lipinski definition) is 1. The summed E-state index contributed by atoms with van der Waals surface area (Å²) in [5, 5.41) is 2.82. The largest absolute Gasteiger partial charge is 0.494 e. The molecule has 6 heteroatoms. The van der Waals surface area contributed by atoms with Crippen LogP contribution in [-0.2, 0) is 27.3 Å². The number of carbonyl (C=O) groups is 2. The number of fused-ring (bicyclic) bond motifs is 1. The molecule has 0 saturated heterocycles. The number of amides is 1. The third-order valence-electron chi connectivity index (χ3n) is 3.72. The van der Waals surface area contributed by atoms with Gasteiger partial charge in [0.1, 0.15) is 17.6 Å². The predicted octanol–water partition coefficient (Wildman–Crippen LogP) is 2.37. The van der Waals surface area contributed by atoms with Gasteiger partial charge in [-0.25, -0.2) is 0 Å². The van der Waals surface area contributed by atoms with Crippen molar-refractivity contribution in [3.63, 3.8) is 0 Å². The summed E-state index contributed by atoms with van der Waals surface area (Å²) in [6.07, 6.45) is 1.22. The number of rotatable bonds is 8. The van der Waals surface area contributed by atoms with Crippen molar-refractivity contribution in [3.8, 4) is 11.5 Å². The third-order valence-corrected chi connectivity index (χ3v) is 3.72. The van der Waals surface area contributed by atoms with Crippen LogP contribution < -0.4 is 14.8 Å². The minimum Gasteiger partial charge on any atom is -0.494 e. The summed E-state index contributed by atoms with van der Waals surface area (Å²) in [6, 6.07) is 3.91. The van der Waals surface area contributed by atoms with Crippen LogP contribution in [0.1, 0.15) is 44.7 Å². The van der Waals surface area contributed by atoms with Gasteiger partial charge in [-0.15, -0.1) is 0 Å². The van der Waals surface area contributed by atoms with Gasteiger partial charge in [-0.05, 0) is 32.9 Å². The second-order valence-electron chi connectivity index (χ2n) is 5.72. The molecule has 24 heavy (non-hydrogen) atoms. The minimum atomic E-state index is -0.359. The molecule has 1 aromatic carbocycles. The van der Waals surface area contributed by atoms with Crippen molar-refractivity contribution in [1.29, 1.82) is 0 Å². The normalized spacial score (nSPS) is 15.4. The summed E-state index contributed by atoms with van der Waals surface area (Å²) >= 11 is 0. The average molecular weight is 335 g/mol. The monoisotopic (exact) mass is 335 g/mol. The highest BCUT2D eigenvalue weighted by molar-refractivity contribution is 5.81. The Morgan fingerprint density at radius 3 is 2.75 bits per heavy atom. The lowest BCUT2D eigenvalue weighted by Crippen LogP contribution is -2.24. The molecule has 0 aromatic heterocycles. The van der Waals surface area contributed by atoms with E-state index in [-0.39, 0.29) is 30.8 Å². The van der Waals surface area contributed by atoms with E-state index in [1.54, 1.807) is 6.92 Å². The molecule has 1 aliphatic rings. The molecule has 0 bridgehead atoms. The standard InChI is InChI=1S/C18H25NO5/c1-4-22-15-9-13-8-12(3)24-16(13)10-14(15)11-19-17(20)6-7-18(21)23-5-2/h9-10,12H,4-8,11H2,1-3H3,(H,19,20)/t12-/m1/s1. The maximum atomic E-state index is 11.9. The summed E-state index contributed by atoms with van der Waals surface area (Å²) in [7, 11) is 0. The van der Waals surface area contributed by atoms with Crippen molar-refractivity contribution < 1.29 is 23.8 Å². The van der Waals surface area contributed by atoms with Gasteiger partial charge in [0.2, 0.25) is 5.91 Å². The van der Waals surface area contributed by atoms with Crippen molar-refractivity contribution >= 4 is 11.9 Å². The molecule has 0 saturated carbocycles. The Morgan fingerprint density at radius 2 is 2.04 bits per heavy atom. The maximum Gasteiger partial charge on any atom is 0.306 e. The van der Waals surface area contributed by atoms with Crippen molar-refractivity contribution in [3.05, 3.63) is 23.3 Å². The van der Waals surface area contributed by atoms with Gasteiger partial charge < -0.3 is 19.5 Å². The van der Waals surface area contributed by atoms with Crippen LogP contribution in [0.2, 0.25) is 0 Å². The summed E-state index contributed by atoms with van der Waals surface area (Å²) in [5.74, 6) is 1.06. The lowest BCUT2D eigenvalue weighted by atomic mass is 10.1. The van der Waals surface area contributed by atoms with E-state index in [0.717, 1.165) is 29.0 Å². The molecule has 1 atom stereocenters. The zero-order valence-corrected chi connectivity index (χ0v) is 14.5. The van der Waals surface area contributed by atoms with Crippen molar-refractivity contribution in [2.45, 2.75) is 52.7 Å². The van der Waals surface area contributed by atoms with Gasteiger partial charge >= 0.3 is 5.97 Å². The fourth-order valence-electron chi connectivity index (χ4n) is 2.64. The molecule has 1 amide bonds. The second kappa shape index (κ2) is 8.57. The van der Waals surface area contributed by atoms with Gasteiger partial charge in [-0.2, -0.15) is 0 Å². The van der Waals surface area contributed by atoms with Crippen LogP contribution in [0.4, 0.5) is 0 Å². The Bertz CT molecular complexity index is 599. The van der Waals surface area contributed by atoms with Crippen molar-refractivity contribution in [2.24, 2.45) is 0 Å². The zero-order valence-electron chi connectivity index (χ0n) is 14.5. The van der Waals surface area contributed by atoms with Crippen molar-refractivity contribution in [2.75, 3.05) is 13.2 Å². The van der Waals surface area contributed by atoms with Gasteiger partial charge in [0.05, 0.1) is 19.6 Å². The topological polar surface area (TPSA) is 73.9 Å². The summed E-state index contributed by atoms with van der Waals surface area (Å²) in [6.45, 7) is 6.90. The minimum absolute atomic E-state index is 0.0861. The van der Waals surface area contributed by atoms with E-state index in [1.807, 2.05) is 26.0 Å². The molecular formula is C18H25NO5. The molecule has 0 spiro atoms. The number of esters is 1. The molecule has 0 unspecified atom stereocenters. The van der Waals surface area contributed by atoms with Crippen LogP contribution in [0.15, 0.2) is 12.1 Å². The molecule has 1 heterocycles. The van der Waals surface area contributed by atoms with Gasteiger partial charge in [0, 0.05) is 30.5 Å². The number of carbonyl (C=O) groups excluding carboxylic acids is 2. The highest BCUT2D eigenvalue weighted by Gasteiger charge is 2.22. The summed E-state index contributed by atoms with van der Waals surface area (Å²) < 4.78 is 16.3. The Labute approximate surface area is 142 Å². The third kappa shape index (κ3) is 4.88. The number of hydrogen-bond acceptors (Lipinski definition) is 5. The van der Waals surface area contributed by atoms with Crippen molar-refractivity contribution in [1.82, 2.24) is 5.32 Å². The first-order valence-corrected chi connectivity index (χ1v) is 8.41. The fourth-order valence-corrected chi connectivity index (χ4v) is 2.64. The molecule has 1 aliphatic heterocycles. The van der Waals surface area contributed by atoms with E-state index in [2.05, 4.69) is 5.32 Å². The Morgan fingerprint density at radius 1 is 1.25 bits per heavy atom. The van der Waals surface area contributed by atoms with E-state index >= 15 is 0 Å². The van der Waals surface area contributed by atoms with Crippen LogP contribution in [0, 0.1) is 0 Å². The number of nitrogens with one attached hydrogen (secondary N) is 1. The second-order valence-corrected chi connectivity index (χ2v) is 5.72. The Balaban J connectivity index is 1.95. The summed E-state index contributed by atoms with van der Waals surface area (Å²) in [4.78, 5) is 23.2. The maximum absolute atomic E-state index is 11.9. The van der Waals surface area contributed by atoms with Gasteiger partial charge in [-0.1, -0.05) is 0 Å². The Kier molecular flexibility index (Phi) is 6.46. The lowest BCUT2D eigenvalue weighted by molar-refractivity contribution is -0.144. The first-order valence-electron chi connectivity index (χ1n) is 8.41. The SMILES string of the molecule is CCOC(=O)CCC(=O)NCc1cc2c(cc1OCC)C[C@@H](C)O2. The molecule has 2 rings (SSSR count). The quantitative estimate of drug-likeness (QED) is 0.738.